The predicted molar refractivity (Wildman–Crippen MR) is 145 cm³/mol. The van der Waals surface area contributed by atoms with Gasteiger partial charge in [-0.2, -0.15) is 0 Å². The van der Waals surface area contributed by atoms with Gasteiger partial charge in [-0.05, 0) is 56.2 Å². The second-order valence-electron chi connectivity index (χ2n) is 8.13. The molecule has 186 valence electrons. The van der Waals surface area contributed by atoms with Gasteiger partial charge in [-0.15, -0.1) is 10.2 Å². The maximum absolute atomic E-state index is 12.9. The van der Waals surface area contributed by atoms with Crippen molar-refractivity contribution in [3.05, 3.63) is 94.8 Å². The number of thioether (sulfide) groups is 1. The Labute approximate surface area is 220 Å². The average molecular weight is 522 g/mol. The highest BCUT2D eigenvalue weighted by molar-refractivity contribution is 7.98. The highest BCUT2D eigenvalue weighted by atomic mass is 35.5. The molecule has 0 aliphatic heterocycles. The molecule has 7 nitrogen and oxygen atoms in total. The first-order chi connectivity index (χ1) is 17.5. The standard InChI is InChI=1S/C27H28ClN5O2S/c1-4-35-24-13-9-8-12-22(24)30-26(34)29-19(3)25-31-32-27(36-17-20-10-6-5-7-11-20)33(25)23-16-21(28)15-14-18(23)2/h5-16,19H,4,17H2,1-3H3,(H2,29,30,34). The summed E-state index contributed by atoms with van der Waals surface area (Å²) in [6.07, 6.45) is 0. The maximum atomic E-state index is 12.9. The monoisotopic (exact) mass is 521 g/mol. The van der Waals surface area contributed by atoms with Gasteiger partial charge in [0, 0.05) is 10.8 Å². The second-order valence-corrected chi connectivity index (χ2v) is 9.51. The molecule has 0 bridgehead atoms. The highest BCUT2D eigenvalue weighted by Crippen LogP contribution is 2.30. The lowest BCUT2D eigenvalue weighted by molar-refractivity contribution is 0.248. The summed E-state index contributed by atoms with van der Waals surface area (Å²) in [5.41, 5.74) is 3.66. The number of carbonyl (C=O) groups is 1. The number of ether oxygens (including phenoxy) is 1. The van der Waals surface area contributed by atoms with Gasteiger partial charge in [-0.25, -0.2) is 4.79 Å². The molecule has 0 fully saturated rings. The van der Waals surface area contributed by atoms with Crippen molar-refractivity contribution in [2.24, 2.45) is 0 Å². The smallest absolute Gasteiger partial charge is 0.319 e. The lowest BCUT2D eigenvalue weighted by Crippen LogP contribution is -2.32. The van der Waals surface area contributed by atoms with Crippen molar-refractivity contribution in [3.63, 3.8) is 0 Å². The van der Waals surface area contributed by atoms with Crippen LogP contribution in [0.2, 0.25) is 5.02 Å². The van der Waals surface area contributed by atoms with Gasteiger partial charge < -0.3 is 15.4 Å². The number of anilines is 1. The highest BCUT2D eigenvalue weighted by Gasteiger charge is 2.22. The Morgan fingerprint density at radius 3 is 2.61 bits per heavy atom. The van der Waals surface area contributed by atoms with Crippen LogP contribution in [0.3, 0.4) is 0 Å². The molecule has 2 N–H and O–H groups in total. The van der Waals surface area contributed by atoms with Crippen LogP contribution in [0.4, 0.5) is 10.5 Å². The quantitative estimate of drug-likeness (QED) is 0.237. The molecule has 1 atom stereocenters. The molecule has 3 aromatic carbocycles. The number of aryl methyl sites for hydroxylation is 1. The van der Waals surface area contributed by atoms with Crippen LogP contribution in [0, 0.1) is 6.92 Å². The normalized spacial score (nSPS) is 11.7. The van der Waals surface area contributed by atoms with Crippen molar-refractivity contribution < 1.29 is 9.53 Å². The Bertz CT molecular complexity index is 1330. The molecule has 0 spiro atoms. The number of nitrogens with one attached hydrogen (secondary N) is 2. The Morgan fingerprint density at radius 1 is 1.08 bits per heavy atom. The number of carbonyl (C=O) groups excluding carboxylic acids is 1. The van der Waals surface area contributed by atoms with Crippen molar-refractivity contribution in [1.82, 2.24) is 20.1 Å². The molecule has 0 aliphatic rings. The third kappa shape index (κ3) is 6.19. The van der Waals surface area contributed by atoms with E-state index in [2.05, 4.69) is 33.0 Å². The Morgan fingerprint density at radius 2 is 1.83 bits per heavy atom. The molecular formula is C27H28ClN5O2S. The Hall–Kier alpha value is -3.49. The number of halogens is 1. The van der Waals surface area contributed by atoms with Crippen LogP contribution < -0.4 is 15.4 Å². The number of aromatic nitrogens is 3. The van der Waals surface area contributed by atoms with Crippen LogP contribution in [-0.4, -0.2) is 27.4 Å². The summed E-state index contributed by atoms with van der Waals surface area (Å²) in [4.78, 5) is 12.9. The molecule has 36 heavy (non-hydrogen) atoms. The van der Waals surface area contributed by atoms with Gasteiger partial charge in [-0.3, -0.25) is 4.57 Å². The van der Waals surface area contributed by atoms with E-state index in [1.165, 1.54) is 5.56 Å². The molecule has 0 saturated carbocycles. The summed E-state index contributed by atoms with van der Waals surface area (Å²) in [7, 11) is 0. The second kappa shape index (κ2) is 12.0. The van der Waals surface area contributed by atoms with E-state index in [-0.39, 0.29) is 6.03 Å². The van der Waals surface area contributed by atoms with Crippen LogP contribution in [0.1, 0.15) is 36.8 Å². The zero-order valence-electron chi connectivity index (χ0n) is 20.4. The van der Waals surface area contributed by atoms with Crippen molar-refractivity contribution in [3.8, 4) is 11.4 Å². The number of urea groups is 1. The molecule has 0 saturated heterocycles. The van der Waals surface area contributed by atoms with E-state index in [0.717, 1.165) is 22.2 Å². The van der Waals surface area contributed by atoms with Gasteiger partial charge in [0.05, 0.1) is 24.0 Å². The SMILES string of the molecule is CCOc1ccccc1NC(=O)NC(C)c1nnc(SCc2ccccc2)n1-c1cc(Cl)ccc1C. The van der Waals surface area contributed by atoms with Crippen molar-refractivity contribution >= 4 is 35.1 Å². The van der Waals surface area contributed by atoms with E-state index in [9.17, 15) is 4.79 Å². The molecule has 0 aliphatic carbocycles. The lowest BCUT2D eigenvalue weighted by Gasteiger charge is -2.19. The molecule has 4 rings (SSSR count). The van der Waals surface area contributed by atoms with Crippen molar-refractivity contribution in [2.75, 3.05) is 11.9 Å². The first-order valence-electron chi connectivity index (χ1n) is 11.6. The number of hydrogen-bond donors (Lipinski definition) is 2. The number of hydrogen-bond acceptors (Lipinski definition) is 5. The van der Waals surface area contributed by atoms with Gasteiger partial charge in [-0.1, -0.05) is 71.9 Å². The molecule has 1 heterocycles. The van der Waals surface area contributed by atoms with Gasteiger partial charge in [0.1, 0.15) is 5.75 Å². The zero-order valence-corrected chi connectivity index (χ0v) is 21.9. The van der Waals surface area contributed by atoms with Crippen molar-refractivity contribution in [2.45, 2.75) is 37.7 Å². The van der Waals surface area contributed by atoms with E-state index in [0.29, 0.717) is 28.9 Å². The summed E-state index contributed by atoms with van der Waals surface area (Å²) in [6, 6.07) is 22.4. The maximum Gasteiger partial charge on any atom is 0.319 e. The summed E-state index contributed by atoms with van der Waals surface area (Å²) in [5, 5.41) is 16.1. The number of rotatable bonds is 9. The zero-order chi connectivity index (χ0) is 25.5. The molecule has 4 aromatic rings. The van der Waals surface area contributed by atoms with Crippen LogP contribution in [0.25, 0.3) is 5.69 Å². The minimum Gasteiger partial charge on any atom is -0.492 e. The average Bonchev–Trinajstić information content (AvgIpc) is 3.30. The third-order valence-electron chi connectivity index (χ3n) is 5.45. The van der Waals surface area contributed by atoms with Crippen LogP contribution in [-0.2, 0) is 5.75 Å². The summed E-state index contributed by atoms with van der Waals surface area (Å²) in [5.74, 6) is 1.94. The largest absolute Gasteiger partial charge is 0.492 e. The van der Waals surface area contributed by atoms with Crippen LogP contribution in [0.5, 0.6) is 5.75 Å². The number of benzene rings is 3. The van der Waals surface area contributed by atoms with Crippen LogP contribution >= 0.6 is 23.4 Å². The fourth-order valence-electron chi connectivity index (χ4n) is 3.70. The topological polar surface area (TPSA) is 81.1 Å². The van der Waals surface area contributed by atoms with Gasteiger partial charge in [0.25, 0.3) is 0 Å². The summed E-state index contributed by atoms with van der Waals surface area (Å²) >= 11 is 7.93. The summed E-state index contributed by atoms with van der Waals surface area (Å²) < 4.78 is 7.58. The van der Waals surface area contributed by atoms with Gasteiger partial charge in [0.2, 0.25) is 0 Å². The first kappa shape index (κ1) is 25.6. The molecular weight excluding hydrogens is 494 g/mol. The predicted octanol–water partition coefficient (Wildman–Crippen LogP) is 6.80. The molecule has 9 heteroatoms. The number of nitrogens with zero attached hydrogens (tertiary/aromatic N) is 3. The van der Waals surface area contributed by atoms with E-state index in [4.69, 9.17) is 16.3 Å². The van der Waals surface area contributed by atoms with Gasteiger partial charge >= 0.3 is 6.03 Å². The van der Waals surface area contributed by atoms with E-state index >= 15 is 0 Å². The molecule has 2 amide bonds. The fraction of sp³-hybridized carbons (Fsp3) is 0.222. The minimum atomic E-state index is -0.443. The van der Waals surface area contributed by atoms with E-state index in [1.807, 2.05) is 79.9 Å². The molecule has 0 radical (unpaired) electrons. The third-order valence-corrected chi connectivity index (χ3v) is 6.69. The number of amides is 2. The van der Waals surface area contributed by atoms with Gasteiger partial charge in [0.15, 0.2) is 11.0 Å². The fourth-order valence-corrected chi connectivity index (χ4v) is 4.77. The summed E-state index contributed by atoms with van der Waals surface area (Å²) in [6.45, 7) is 6.29. The minimum absolute atomic E-state index is 0.370. The molecule has 1 unspecified atom stereocenters. The Kier molecular flexibility index (Phi) is 8.51. The van der Waals surface area contributed by atoms with Crippen LogP contribution in [0.15, 0.2) is 78.0 Å². The van der Waals surface area contributed by atoms with Crippen molar-refractivity contribution in [1.29, 1.82) is 0 Å². The Balaban J connectivity index is 1.60. The number of para-hydroxylation sites is 2. The molecule has 1 aromatic heterocycles. The van der Waals surface area contributed by atoms with E-state index in [1.54, 1.807) is 17.8 Å². The van der Waals surface area contributed by atoms with E-state index < -0.39 is 6.04 Å². The first-order valence-corrected chi connectivity index (χ1v) is 13.0. The lowest BCUT2D eigenvalue weighted by atomic mass is 10.2.